The lowest BCUT2D eigenvalue weighted by molar-refractivity contribution is -0.652. The van der Waals surface area contributed by atoms with E-state index in [9.17, 15) is 10.4 Å². The first-order chi connectivity index (χ1) is 9.41. The van der Waals surface area contributed by atoms with Crippen LogP contribution in [0.1, 0.15) is 11.4 Å². The fraction of sp³-hybridized carbons (Fsp3) is 0.167. The highest BCUT2D eigenvalue weighted by atomic mass is 35.5. The summed E-state index contributed by atoms with van der Waals surface area (Å²) >= 11 is 11.7. The van der Waals surface area contributed by atoms with Crippen molar-refractivity contribution in [1.82, 2.24) is 0 Å². The molecule has 0 bridgehead atoms. The molecule has 0 unspecified atom stereocenters. The van der Waals surface area contributed by atoms with Gasteiger partial charge >= 0.3 is 0 Å². The molecular formula is C12H10Cl2N2O2S2. The Bertz CT molecular complexity index is 611. The molecule has 0 aliphatic rings. The molecule has 2 aromatic heterocycles. The van der Waals surface area contributed by atoms with Crippen molar-refractivity contribution < 1.29 is 9.46 Å². The molecule has 0 atom stereocenters. The van der Waals surface area contributed by atoms with Gasteiger partial charge in [0.15, 0.2) is 0 Å². The van der Waals surface area contributed by atoms with Crippen LogP contribution >= 0.6 is 44.8 Å². The summed E-state index contributed by atoms with van der Waals surface area (Å²) in [5.41, 5.74) is 0.860. The van der Waals surface area contributed by atoms with Crippen molar-refractivity contribution in [3.05, 3.63) is 56.1 Å². The van der Waals surface area contributed by atoms with Crippen molar-refractivity contribution in [2.24, 2.45) is 0 Å². The second kappa shape index (κ2) is 6.30. The molecule has 106 valence electrons. The maximum atomic E-state index is 11.9. The van der Waals surface area contributed by atoms with E-state index in [1.165, 1.54) is 21.6 Å². The van der Waals surface area contributed by atoms with E-state index in [4.69, 9.17) is 23.2 Å². The fourth-order valence-electron chi connectivity index (χ4n) is 1.40. The third-order valence-corrected chi connectivity index (χ3v) is 5.76. The lowest BCUT2D eigenvalue weighted by Crippen LogP contribution is -2.34. The van der Waals surface area contributed by atoms with Gasteiger partial charge in [0.1, 0.15) is 10.0 Å². The first-order valence-electron chi connectivity index (χ1n) is 5.53. The van der Waals surface area contributed by atoms with Crippen molar-refractivity contribution in [2.75, 3.05) is 0 Å². The standard InChI is InChI=1S/C12H10Cl2N2O2S2/c1-7-9(13)3-5-11(15(7)17)19-20-12-6-4-10(14)8(2)16(12)18/h3-6H,1-2H3. The average Bonchev–Trinajstić information content (AvgIpc) is 2.43. The summed E-state index contributed by atoms with van der Waals surface area (Å²) in [6, 6.07) is 6.56. The number of rotatable bonds is 3. The molecule has 8 heteroatoms. The van der Waals surface area contributed by atoms with Crippen LogP contribution in [-0.4, -0.2) is 0 Å². The molecule has 0 radical (unpaired) electrons. The zero-order valence-electron chi connectivity index (χ0n) is 10.6. The van der Waals surface area contributed by atoms with Crippen LogP contribution in [-0.2, 0) is 0 Å². The third-order valence-electron chi connectivity index (χ3n) is 2.66. The maximum absolute atomic E-state index is 11.9. The Morgan fingerprint density at radius 2 is 1.15 bits per heavy atom. The van der Waals surface area contributed by atoms with Crippen molar-refractivity contribution in [3.63, 3.8) is 0 Å². The van der Waals surface area contributed by atoms with Crippen LogP contribution in [0.4, 0.5) is 0 Å². The summed E-state index contributed by atoms with van der Waals surface area (Å²) in [5, 5.41) is 25.6. The minimum absolute atomic E-state index is 0.413. The number of halogens is 2. The van der Waals surface area contributed by atoms with Crippen LogP contribution in [0.25, 0.3) is 0 Å². The van der Waals surface area contributed by atoms with Gasteiger partial charge in [0.25, 0.3) is 10.1 Å². The summed E-state index contributed by atoms with van der Waals surface area (Å²) in [7, 11) is 2.39. The lowest BCUT2D eigenvalue weighted by Gasteiger charge is -2.08. The van der Waals surface area contributed by atoms with Gasteiger partial charge in [-0.05, 0) is 12.1 Å². The van der Waals surface area contributed by atoms with Crippen LogP contribution in [0.5, 0.6) is 0 Å². The fourth-order valence-corrected chi connectivity index (χ4v) is 3.76. The summed E-state index contributed by atoms with van der Waals surface area (Å²) < 4.78 is 1.50. The predicted molar refractivity (Wildman–Crippen MR) is 82.0 cm³/mol. The first kappa shape index (κ1) is 15.6. The van der Waals surface area contributed by atoms with Gasteiger partial charge < -0.3 is 10.4 Å². The number of aromatic nitrogens is 2. The Kier molecular flexibility index (Phi) is 4.90. The minimum Gasteiger partial charge on any atom is -0.618 e. The Balaban J connectivity index is 2.22. The Morgan fingerprint density at radius 3 is 1.50 bits per heavy atom. The highest BCUT2D eigenvalue weighted by molar-refractivity contribution is 8.76. The first-order valence-corrected chi connectivity index (χ1v) is 8.44. The Hall–Kier alpha value is -0.820. The summed E-state index contributed by atoms with van der Waals surface area (Å²) in [4.78, 5) is 0. The van der Waals surface area contributed by atoms with E-state index in [0.717, 1.165) is 9.46 Å². The van der Waals surface area contributed by atoms with Crippen LogP contribution in [0.2, 0.25) is 10.0 Å². The van der Waals surface area contributed by atoms with E-state index in [-0.39, 0.29) is 0 Å². The number of hydrogen-bond donors (Lipinski definition) is 0. The molecule has 2 heterocycles. The van der Waals surface area contributed by atoms with Crippen LogP contribution in [0.15, 0.2) is 34.3 Å². The Labute approximate surface area is 134 Å². The molecule has 0 aliphatic carbocycles. The van der Waals surface area contributed by atoms with Gasteiger partial charge in [0, 0.05) is 47.6 Å². The van der Waals surface area contributed by atoms with E-state index in [2.05, 4.69) is 0 Å². The number of nitrogens with zero attached hydrogens (tertiary/aromatic N) is 2. The lowest BCUT2D eigenvalue weighted by atomic mass is 10.4. The van der Waals surface area contributed by atoms with Crippen LogP contribution in [0.3, 0.4) is 0 Å². The topological polar surface area (TPSA) is 53.9 Å². The zero-order chi connectivity index (χ0) is 14.9. The molecule has 0 N–H and O–H groups in total. The van der Waals surface area contributed by atoms with Gasteiger partial charge in [0.05, 0.1) is 0 Å². The van der Waals surface area contributed by atoms with E-state index in [0.29, 0.717) is 31.5 Å². The van der Waals surface area contributed by atoms with Crippen molar-refractivity contribution >= 4 is 44.8 Å². The molecule has 0 saturated heterocycles. The van der Waals surface area contributed by atoms with E-state index in [1.807, 2.05) is 0 Å². The molecule has 0 saturated carbocycles. The largest absolute Gasteiger partial charge is 0.618 e. The monoisotopic (exact) mass is 348 g/mol. The van der Waals surface area contributed by atoms with Crippen molar-refractivity contribution in [2.45, 2.75) is 23.9 Å². The van der Waals surface area contributed by atoms with Gasteiger partial charge in [-0.15, -0.1) is 0 Å². The van der Waals surface area contributed by atoms with E-state index < -0.39 is 0 Å². The number of pyridine rings is 2. The predicted octanol–water partition coefficient (Wildman–Crippen LogP) is 3.68. The van der Waals surface area contributed by atoms with Gasteiger partial charge in [0.2, 0.25) is 11.4 Å². The normalized spacial score (nSPS) is 10.8. The van der Waals surface area contributed by atoms with E-state index in [1.54, 1.807) is 38.1 Å². The molecule has 2 rings (SSSR count). The number of hydrogen-bond acceptors (Lipinski definition) is 4. The molecule has 4 nitrogen and oxygen atoms in total. The molecule has 0 fully saturated rings. The van der Waals surface area contributed by atoms with Gasteiger partial charge in [-0.25, -0.2) is 0 Å². The second-order valence-electron chi connectivity index (χ2n) is 3.97. The quantitative estimate of drug-likeness (QED) is 0.482. The summed E-state index contributed by atoms with van der Waals surface area (Å²) in [6.45, 7) is 3.29. The van der Waals surface area contributed by atoms with Crippen molar-refractivity contribution in [1.29, 1.82) is 0 Å². The van der Waals surface area contributed by atoms with Crippen LogP contribution < -0.4 is 9.46 Å². The third kappa shape index (κ3) is 3.09. The average molecular weight is 349 g/mol. The van der Waals surface area contributed by atoms with Crippen LogP contribution in [0, 0.1) is 24.3 Å². The minimum atomic E-state index is 0.413. The summed E-state index contributed by atoms with van der Waals surface area (Å²) in [5.74, 6) is 0. The molecular weight excluding hydrogens is 339 g/mol. The maximum Gasteiger partial charge on any atom is 0.262 e. The molecule has 0 spiro atoms. The molecule has 2 aromatic rings. The molecule has 20 heavy (non-hydrogen) atoms. The SMILES string of the molecule is Cc1c(Cl)ccc(SSc2ccc(Cl)c(C)[n+]2[O-])[n+]1[O-]. The van der Waals surface area contributed by atoms with Gasteiger partial charge in [-0.2, -0.15) is 9.46 Å². The highest BCUT2D eigenvalue weighted by Gasteiger charge is 2.17. The van der Waals surface area contributed by atoms with Crippen molar-refractivity contribution in [3.8, 4) is 0 Å². The summed E-state index contributed by atoms with van der Waals surface area (Å²) in [6.07, 6.45) is 0. The van der Waals surface area contributed by atoms with E-state index >= 15 is 0 Å². The second-order valence-corrected chi connectivity index (χ2v) is 6.95. The molecule has 0 aliphatic heterocycles. The smallest absolute Gasteiger partial charge is 0.262 e. The zero-order valence-corrected chi connectivity index (χ0v) is 13.7. The highest BCUT2D eigenvalue weighted by Crippen LogP contribution is 2.35. The molecule has 0 aromatic carbocycles. The molecule has 0 amide bonds. The van der Waals surface area contributed by atoms with Gasteiger partial charge in [-0.1, -0.05) is 23.2 Å². The Morgan fingerprint density at radius 1 is 0.800 bits per heavy atom. The van der Waals surface area contributed by atoms with Gasteiger partial charge in [-0.3, -0.25) is 0 Å².